The monoisotopic (exact) mass is 601 g/mol. The molecule has 0 unspecified atom stereocenters. The van der Waals surface area contributed by atoms with Gasteiger partial charge in [-0.25, -0.2) is 0 Å². The summed E-state index contributed by atoms with van der Waals surface area (Å²) in [5.74, 6) is 2.22. The van der Waals surface area contributed by atoms with Gasteiger partial charge in [0.05, 0.1) is 18.4 Å². The number of fused-ring (bicyclic) bond motifs is 2. The minimum absolute atomic E-state index is 0.0436. The maximum atomic E-state index is 13.0. The molecule has 6 nitrogen and oxygen atoms in total. The molecule has 3 aliphatic rings. The van der Waals surface area contributed by atoms with Crippen LogP contribution in [0.25, 0.3) is 0 Å². The van der Waals surface area contributed by atoms with Crippen molar-refractivity contribution in [3.63, 3.8) is 0 Å². The molecule has 1 fully saturated rings. The topological polar surface area (TPSA) is 68.2 Å². The summed E-state index contributed by atoms with van der Waals surface area (Å²) >= 11 is 10.9. The second kappa shape index (κ2) is 12.9. The Hall–Kier alpha value is -2.00. The average Bonchev–Trinajstić information content (AvgIpc) is 3.06. The van der Waals surface area contributed by atoms with E-state index >= 15 is 0 Å². The van der Waals surface area contributed by atoms with E-state index in [1.807, 2.05) is 24.3 Å². The standard InChI is InChI=1S/C31H38ClN2O4S2/c1-31(26-11-9-24(32)16-21(26)13-14-39)19-34-18-23-7-10-25(23)28(37-2)6-4-3-5-15-40(36)33-30(35)22-8-12-29(38-20-31)27(34)17-22/h4,6,8-9,11-12,16-17,23,25,28,39H,3,5,7,10,13-15,18-20H2,1-2H3/q-1/b6-4+/t23-,25+,28-,31-/m0/s1. The summed E-state index contributed by atoms with van der Waals surface area (Å²) in [6.07, 6.45) is 8.86. The van der Waals surface area contributed by atoms with E-state index in [-0.39, 0.29) is 11.5 Å². The molecular formula is C31H38ClN2O4S2-. The normalized spacial score (nSPS) is 28.4. The number of carbonyl (C=O) groups is 1. The second-order valence-electron chi connectivity index (χ2n) is 11.4. The van der Waals surface area contributed by atoms with Crippen LogP contribution >= 0.6 is 24.2 Å². The molecule has 1 amide bonds. The van der Waals surface area contributed by atoms with Crippen molar-refractivity contribution in [1.82, 2.24) is 0 Å². The number of halogens is 1. The molecule has 9 heteroatoms. The van der Waals surface area contributed by atoms with Crippen molar-refractivity contribution >= 4 is 46.4 Å². The lowest BCUT2D eigenvalue weighted by Gasteiger charge is -2.44. The summed E-state index contributed by atoms with van der Waals surface area (Å²) in [6, 6.07) is 11.6. The van der Waals surface area contributed by atoms with Crippen molar-refractivity contribution in [2.75, 3.05) is 43.2 Å². The summed E-state index contributed by atoms with van der Waals surface area (Å²) < 4.78 is 29.0. The van der Waals surface area contributed by atoms with Crippen LogP contribution in [0.4, 0.5) is 5.69 Å². The smallest absolute Gasteiger partial charge is 0.254 e. The molecule has 0 saturated heterocycles. The van der Waals surface area contributed by atoms with Gasteiger partial charge >= 0.3 is 0 Å². The predicted molar refractivity (Wildman–Crippen MR) is 166 cm³/mol. The molecule has 1 aliphatic carbocycles. The van der Waals surface area contributed by atoms with Gasteiger partial charge in [0.2, 0.25) is 0 Å². The van der Waals surface area contributed by atoms with Crippen LogP contribution in [0.3, 0.4) is 0 Å². The van der Waals surface area contributed by atoms with E-state index in [1.54, 1.807) is 13.2 Å². The van der Waals surface area contributed by atoms with Crippen molar-refractivity contribution in [3.05, 3.63) is 70.3 Å². The van der Waals surface area contributed by atoms with Crippen LogP contribution < -0.4 is 9.64 Å². The van der Waals surface area contributed by atoms with Crippen LogP contribution in [0, 0.1) is 11.8 Å². The molecule has 0 aromatic heterocycles. The molecule has 0 radical (unpaired) electrons. The molecule has 0 spiro atoms. The lowest BCUT2D eigenvalue weighted by atomic mass is 9.69. The molecule has 2 bridgehead atoms. The van der Waals surface area contributed by atoms with Gasteiger partial charge in [-0.2, -0.15) is 23.2 Å². The molecule has 216 valence electrons. The fourth-order valence-electron chi connectivity index (χ4n) is 6.29. The highest BCUT2D eigenvalue weighted by atomic mass is 35.5. The number of hydrogen-bond acceptors (Lipinski definition) is 7. The predicted octanol–water partition coefficient (Wildman–Crippen LogP) is 6.65. The minimum Gasteiger partial charge on any atom is -0.490 e. The first-order valence-corrected chi connectivity index (χ1v) is 16.4. The van der Waals surface area contributed by atoms with Crippen LogP contribution in [-0.4, -0.2) is 50.3 Å². The van der Waals surface area contributed by atoms with Crippen molar-refractivity contribution < 1.29 is 18.5 Å². The maximum absolute atomic E-state index is 13.0. The number of carbonyl (C=O) groups excluding carboxylic acids is 1. The molecule has 40 heavy (non-hydrogen) atoms. The Kier molecular flexibility index (Phi) is 9.50. The van der Waals surface area contributed by atoms with Gasteiger partial charge in [-0.05, 0) is 84.7 Å². The zero-order chi connectivity index (χ0) is 28.3. The summed E-state index contributed by atoms with van der Waals surface area (Å²) in [7, 11) is 0.216. The number of anilines is 1. The van der Waals surface area contributed by atoms with Crippen molar-refractivity contribution in [2.45, 2.75) is 50.5 Å². The molecule has 1 saturated carbocycles. The van der Waals surface area contributed by atoms with E-state index in [0.717, 1.165) is 49.4 Å². The Morgan fingerprint density at radius 3 is 2.85 bits per heavy atom. The number of ether oxygens (including phenoxy) is 2. The Labute approximate surface area is 250 Å². The Morgan fingerprint density at radius 1 is 1.25 bits per heavy atom. The Morgan fingerprint density at radius 2 is 2.10 bits per heavy atom. The van der Waals surface area contributed by atoms with Crippen molar-refractivity contribution in [1.29, 1.82) is 0 Å². The van der Waals surface area contributed by atoms with Gasteiger partial charge in [-0.1, -0.05) is 48.9 Å². The molecule has 2 aliphatic heterocycles. The fourth-order valence-corrected chi connectivity index (χ4v) is 7.52. The Balaban J connectivity index is 1.58. The van der Waals surface area contributed by atoms with Crippen LogP contribution in [-0.2, 0) is 31.4 Å². The first kappa shape index (κ1) is 29.5. The maximum Gasteiger partial charge on any atom is 0.254 e. The summed E-state index contributed by atoms with van der Waals surface area (Å²) in [5.41, 5.74) is 3.35. The van der Waals surface area contributed by atoms with E-state index in [4.69, 9.17) is 21.1 Å². The third-order valence-electron chi connectivity index (χ3n) is 8.56. The number of amides is 1. The molecule has 0 N–H and O–H groups in total. The third kappa shape index (κ3) is 6.40. The van der Waals surface area contributed by atoms with Gasteiger partial charge in [0.15, 0.2) is 0 Å². The zero-order valence-electron chi connectivity index (χ0n) is 23.2. The number of allylic oxidation sites excluding steroid dienone is 1. The average molecular weight is 602 g/mol. The van der Waals surface area contributed by atoms with Crippen LogP contribution in [0.2, 0.25) is 5.02 Å². The lowest BCUT2D eigenvalue weighted by molar-refractivity contribution is 0.0133. The van der Waals surface area contributed by atoms with E-state index < -0.39 is 16.5 Å². The highest BCUT2D eigenvalue weighted by Gasteiger charge is 2.41. The number of methoxy groups -OCH3 is 1. The molecule has 4 atom stereocenters. The minimum atomic E-state index is -1.57. The van der Waals surface area contributed by atoms with E-state index in [0.29, 0.717) is 47.7 Å². The lowest BCUT2D eigenvalue weighted by Crippen LogP contribution is -2.47. The zero-order valence-corrected chi connectivity index (χ0v) is 25.6. The van der Waals surface area contributed by atoms with Crippen LogP contribution in [0.1, 0.15) is 54.1 Å². The molecule has 2 aromatic rings. The van der Waals surface area contributed by atoms with Crippen molar-refractivity contribution in [3.8, 4) is 5.75 Å². The second-order valence-corrected chi connectivity index (χ2v) is 13.5. The number of hydrogen-bond donors (Lipinski definition) is 1. The first-order valence-electron chi connectivity index (χ1n) is 14.1. The number of aryl methyl sites for hydroxylation is 1. The molecule has 2 heterocycles. The van der Waals surface area contributed by atoms with Gasteiger partial charge in [0, 0.05) is 36.2 Å². The quantitative estimate of drug-likeness (QED) is 0.241. The number of thiol groups is 1. The van der Waals surface area contributed by atoms with Gasteiger partial charge in [-0.3, -0.25) is 4.79 Å². The van der Waals surface area contributed by atoms with Gasteiger partial charge < -0.3 is 22.9 Å². The van der Waals surface area contributed by atoms with E-state index in [2.05, 4.69) is 47.0 Å². The van der Waals surface area contributed by atoms with Crippen molar-refractivity contribution in [2.24, 2.45) is 16.2 Å². The number of benzene rings is 2. The SMILES string of the molecule is CO[C@H]1/C=C/CCC[S-](=O)=NC(=O)c2ccc3c(c2)N(C[C@@H]2CC[C@H]21)C[C@](C)(c1ccc(Cl)cc1CCS)CO3. The highest BCUT2D eigenvalue weighted by molar-refractivity contribution is 7.80. The van der Waals surface area contributed by atoms with Gasteiger partial charge in [-0.15, -0.1) is 0 Å². The summed E-state index contributed by atoms with van der Waals surface area (Å²) in [4.78, 5) is 15.4. The highest BCUT2D eigenvalue weighted by Crippen LogP contribution is 2.44. The Bertz CT molecular complexity index is 1360. The molecular weight excluding hydrogens is 564 g/mol. The van der Waals surface area contributed by atoms with E-state index in [9.17, 15) is 9.00 Å². The van der Waals surface area contributed by atoms with Gasteiger partial charge in [0.25, 0.3) is 5.91 Å². The van der Waals surface area contributed by atoms with E-state index in [1.165, 1.54) is 11.1 Å². The largest absolute Gasteiger partial charge is 0.490 e. The summed E-state index contributed by atoms with van der Waals surface area (Å²) in [6.45, 7) is 4.25. The fraction of sp³-hybridized carbons (Fsp3) is 0.516. The summed E-state index contributed by atoms with van der Waals surface area (Å²) in [5, 5.41) is 0.715. The molecule has 5 rings (SSSR count). The van der Waals surface area contributed by atoms with Gasteiger partial charge in [0.1, 0.15) is 5.75 Å². The third-order valence-corrected chi connectivity index (χ3v) is 10.0. The number of nitrogens with zero attached hydrogens (tertiary/aromatic N) is 2. The molecule has 2 aromatic carbocycles. The first-order chi connectivity index (χ1) is 19.3. The van der Waals surface area contributed by atoms with Crippen LogP contribution in [0.5, 0.6) is 5.75 Å². The van der Waals surface area contributed by atoms with Crippen LogP contribution in [0.15, 0.2) is 52.9 Å². The number of rotatable bonds is 4.